The van der Waals surface area contributed by atoms with Crippen LogP contribution in [0.4, 0.5) is 19.1 Å². The molecule has 0 spiro atoms. The fourth-order valence-corrected chi connectivity index (χ4v) is 3.58. The summed E-state index contributed by atoms with van der Waals surface area (Å²) in [5.41, 5.74) is 1.60. The SMILES string of the molecule is CNc1nccc(Cn2ccc(-n3nc(-c4ccc(C(F)(F)F)cc4)c4nccnc43)cc2=O)n1. The van der Waals surface area contributed by atoms with Crippen LogP contribution in [0.2, 0.25) is 0 Å². The maximum atomic E-state index is 13.0. The predicted molar refractivity (Wildman–Crippen MR) is 122 cm³/mol. The van der Waals surface area contributed by atoms with Crippen LogP contribution in [0.1, 0.15) is 11.3 Å². The lowest BCUT2D eigenvalue weighted by Gasteiger charge is -2.08. The molecule has 5 aromatic rings. The highest BCUT2D eigenvalue weighted by Crippen LogP contribution is 2.32. The van der Waals surface area contributed by atoms with Crippen LogP contribution in [-0.4, -0.2) is 41.3 Å². The highest BCUT2D eigenvalue weighted by atomic mass is 19.4. The normalized spacial score (nSPS) is 11.7. The van der Waals surface area contributed by atoms with Gasteiger partial charge in [-0.15, -0.1) is 0 Å². The van der Waals surface area contributed by atoms with Gasteiger partial charge in [0.15, 0.2) is 5.65 Å². The van der Waals surface area contributed by atoms with Crippen LogP contribution in [0.3, 0.4) is 0 Å². The molecule has 0 unspecified atom stereocenters. The van der Waals surface area contributed by atoms with E-state index in [-0.39, 0.29) is 12.1 Å². The Hall–Kier alpha value is -4.61. The standard InChI is InChI=1S/C23H17F3N8O/c1-27-22-30-8-6-16(31-22)13-33-11-7-17(12-18(33)35)34-21-20(28-9-10-29-21)19(32-34)14-2-4-15(5-3-14)23(24,25)26/h2-12H,13H2,1H3,(H,27,30,31). The predicted octanol–water partition coefficient (Wildman–Crippen LogP) is 3.54. The number of rotatable bonds is 5. The van der Waals surface area contributed by atoms with Gasteiger partial charge in [-0.3, -0.25) is 4.79 Å². The van der Waals surface area contributed by atoms with E-state index in [0.29, 0.717) is 39.8 Å². The minimum atomic E-state index is -4.44. The van der Waals surface area contributed by atoms with Crippen LogP contribution < -0.4 is 10.9 Å². The third kappa shape index (κ3) is 4.33. The van der Waals surface area contributed by atoms with Gasteiger partial charge in [-0.05, 0) is 24.3 Å². The zero-order chi connectivity index (χ0) is 24.6. The fraction of sp³-hybridized carbons (Fsp3) is 0.130. The van der Waals surface area contributed by atoms with Crippen molar-refractivity contribution in [1.82, 2.24) is 34.3 Å². The molecule has 0 amide bonds. The Morgan fingerprint density at radius 2 is 1.74 bits per heavy atom. The average molecular weight is 478 g/mol. The number of nitrogens with zero attached hydrogens (tertiary/aromatic N) is 7. The van der Waals surface area contributed by atoms with E-state index >= 15 is 0 Å². The Morgan fingerprint density at radius 1 is 0.971 bits per heavy atom. The molecule has 5 rings (SSSR count). The van der Waals surface area contributed by atoms with E-state index in [0.717, 1.165) is 12.1 Å². The van der Waals surface area contributed by atoms with Gasteiger partial charge in [0.05, 0.1) is 23.5 Å². The van der Waals surface area contributed by atoms with Crippen molar-refractivity contribution in [1.29, 1.82) is 0 Å². The highest BCUT2D eigenvalue weighted by molar-refractivity contribution is 5.88. The second-order valence-corrected chi connectivity index (χ2v) is 7.54. The summed E-state index contributed by atoms with van der Waals surface area (Å²) in [4.78, 5) is 29.9. The van der Waals surface area contributed by atoms with E-state index in [9.17, 15) is 18.0 Å². The average Bonchev–Trinajstić information content (AvgIpc) is 3.25. The summed E-state index contributed by atoms with van der Waals surface area (Å²) in [5, 5.41) is 7.38. The number of anilines is 1. The van der Waals surface area contributed by atoms with E-state index in [4.69, 9.17) is 0 Å². The zero-order valence-corrected chi connectivity index (χ0v) is 18.2. The third-order valence-electron chi connectivity index (χ3n) is 5.28. The van der Waals surface area contributed by atoms with Crippen molar-refractivity contribution in [3.05, 3.63) is 88.9 Å². The lowest BCUT2D eigenvalue weighted by atomic mass is 10.1. The number of pyridine rings is 1. The van der Waals surface area contributed by atoms with Crippen molar-refractivity contribution in [2.75, 3.05) is 12.4 Å². The summed E-state index contributed by atoms with van der Waals surface area (Å²) in [6.07, 6.45) is 1.73. The molecular formula is C23H17F3N8O. The van der Waals surface area contributed by atoms with Crippen molar-refractivity contribution in [3.63, 3.8) is 0 Å². The molecule has 0 aliphatic heterocycles. The molecule has 4 heterocycles. The summed E-state index contributed by atoms with van der Waals surface area (Å²) in [6, 6.07) is 9.46. The summed E-state index contributed by atoms with van der Waals surface area (Å²) < 4.78 is 41.8. The van der Waals surface area contributed by atoms with Crippen LogP contribution in [0, 0.1) is 0 Å². The molecule has 4 aromatic heterocycles. The Labute approximate surface area is 196 Å². The summed E-state index contributed by atoms with van der Waals surface area (Å²) in [5.74, 6) is 0.449. The molecule has 176 valence electrons. The largest absolute Gasteiger partial charge is 0.416 e. The number of aromatic nitrogens is 7. The van der Waals surface area contributed by atoms with E-state index in [1.54, 1.807) is 31.6 Å². The molecule has 9 nitrogen and oxygen atoms in total. The van der Waals surface area contributed by atoms with Gasteiger partial charge in [0.1, 0.15) is 11.2 Å². The van der Waals surface area contributed by atoms with Crippen LogP contribution in [0.15, 0.2) is 72.0 Å². The fourth-order valence-electron chi connectivity index (χ4n) is 3.58. The van der Waals surface area contributed by atoms with Gasteiger partial charge in [0.2, 0.25) is 5.95 Å². The first-order chi connectivity index (χ1) is 16.8. The van der Waals surface area contributed by atoms with Crippen molar-refractivity contribution < 1.29 is 13.2 Å². The first-order valence-corrected chi connectivity index (χ1v) is 10.4. The number of alkyl halides is 3. The first kappa shape index (κ1) is 22.2. The summed E-state index contributed by atoms with van der Waals surface area (Å²) in [6.45, 7) is 0.243. The maximum Gasteiger partial charge on any atom is 0.416 e. The minimum Gasteiger partial charge on any atom is -0.357 e. The maximum absolute atomic E-state index is 13.0. The second kappa shape index (κ2) is 8.63. The highest BCUT2D eigenvalue weighted by Gasteiger charge is 2.30. The van der Waals surface area contributed by atoms with Crippen LogP contribution >= 0.6 is 0 Å². The molecule has 0 radical (unpaired) electrons. The van der Waals surface area contributed by atoms with Gasteiger partial charge < -0.3 is 9.88 Å². The van der Waals surface area contributed by atoms with E-state index in [2.05, 4.69) is 30.4 Å². The van der Waals surface area contributed by atoms with E-state index < -0.39 is 11.7 Å². The van der Waals surface area contributed by atoms with Crippen molar-refractivity contribution in [3.8, 4) is 16.9 Å². The van der Waals surface area contributed by atoms with Crippen LogP contribution in [-0.2, 0) is 12.7 Å². The van der Waals surface area contributed by atoms with Crippen LogP contribution in [0.5, 0.6) is 0 Å². The van der Waals surface area contributed by atoms with Crippen molar-refractivity contribution in [2.24, 2.45) is 0 Å². The number of fused-ring (bicyclic) bond motifs is 1. The molecule has 1 N–H and O–H groups in total. The molecule has 0 bridgehead atoms. The Bertz CT molecular complexity index is 1570. The molecule has 1 aromatic carbocycles. The number of hydrogen-bond acceptors (Lipinski definition) is 7. The molecule has 35 heavy (non-hydrogen) atoms. The zero-order valence-electron chi connectivity index (χ0n) is 18.2. The smallest absolute Gasteiger partial charge is 0.357 e. The molecule has 0 saturated heterocycles. The molecule has 0 saturated carbocycles. The third-order valence-corrected chi connectivity index (χ3v) is 5.28. The number of nitrogens with one attached hydrogen (secondary N) is 1. The molecule has 12 heteroatoms. The van der Waals surface area contributed by atoms with E-state index in [1.165, 1.54) is 39.8 Å². The van der Waals surface area contributed by atoms with Crippen molar-refractivity contribution >= 4 is 17.1 Å². The lowest BCUT2D eigenvalue weighted by Crippen LogP contribution is -2.21. The molecular weight excluding hydrogens is 461 g/mol. The number of halogens is 3. The quantitative estimate of drug-likeness (QED) is 0.412. The molecule has 0 fully saturated rings. The molecule has 0 atom stereocenters. The Kier molecular flexibility index (Phi) is 5.47. The van der Waals surface area contributed by atoms with Gasteiger partial charge in [-0.1, -0.05) is 12.1 Å². The number of benzene rings is 1. The molecule has 0 aliphatic rings. The topological polar surface area (TPSA) is 103 Å². The first-order valence-electron chi connectivity index (χ1n) is 10.4. The van der Waals surface area contributed by atoms with Crippen LogP contribution in [0.25, 0.3) is 28.1 Å². The van der Waals surface area contributed by atoms with Gasteiger partial charge in [-0.25, -0.2) is 24.6 Å². The minimum absolute atomic E-state index is 0.243. The van der Waals surface area contributed by atoms with Gasteiger partial charge in [0, 0.05) is 43.5 Å². The monoisotopic (exact) mass is 478 g/mol. The Balaban J connectivity index is 1.53. The summed E-state index contributed by atoms with van der Waals surface area (Å²) in [7, 11) is 1.70. The lowest BCUT2D eigenvalue weighted by molar-refractivity contribution is -0.137. The van der Waals surface area contributed by atoms with Gasteiger partial charge >= 0.3 is 6.18 Å². The second-order valence-electron chi connectivity index (χ2n) is 7.54. The van der Waals surface area contributed by atoms with Crippen molar-refractivity contribution in [2.45, 2.75) is 12.7 Å². The van der Waals surface area contributed by atoms with E-state index in [1.807, 2.05) is 0 Å². The van der Waals surface area contributed by atoms with Gasteiger partial charge in [-0.2, -0.15) is 18.3 Å². The Morgan fingerprint density at radius 3 is 2.46 bits per heavy atom. The molecule has 0 aliphatic carbocycles. The van der Waals surface area contributed by atoms with Gasteiger partial charge in [0.25, 0.3) is 5.56 Å². The number of hydrogen-bond donors (Lipinski definition) is 1. The summed E-state index contributed by atoms with van der Waals surface area (Å²) >= 11 is 0.